The number of Topliss-reactive ketones (excluding diaryl/α,β-unsaturated/α-hetero) is 1. The zero-order chi connectivity index (χ0) is 21.9. The van der Waals surface area contributed by atoms with Crippen LogP contribution in [-0.2, 0) is 21.8 Å². The third-order valence-electron chi connectivity index (χ3n) is 4.74. The van der Waals surface area contributed by atoms with Crippen LogP contribution in [0.15, 0.2) is 83.5 Å². The molecule has 5 nitrogen and oxygen atoms in total. The van der Waals surface area contributed by atoms with E-state index in [1.165, 1.54) is 11.8 Å². The van der Waals surface area contributed by atoms with E-state index in [2.05, 4.69) is 5.32 Å². The van der Waals surface area contributed by atoms with Crippen LogP contribution in [0.1, 0.15) is 24.7 Å². The van der Waals surface area contributed by atoms with Gasteiger partial charge in [-0.1, -0.05) is 55.5 Å². The number of carbonyl (C=O) groups is 2. The van der Waals surface area contributed by atoms with Crippen molar-refractivity contribution in [2.75, 3.05) is 5.75 Å². The first-order chi connectivity index (χ1) is 15.2. The molecule has 0 aliphatic carbocycles. The van der Waals surface area contributed by atoms with Crippen molar-refractivity contribution in [2.24, 2.45) is 0 Å². The monoisotopic (exact) mass is 437 g/mol. The number of rotatable bonds is 12. The maximum Gasteiger partial charge on any atom is 0.261 e. The van der Waals surface area contributed by atoms with E-state index in [0.29, 0.717) is 24.3 Å². The first-order valence-electron chi connectivity index (χ1n) is 10.3. The quantitative estimate of drug-likeness (QED) is 0.446. The Balaban J connectivity index is 1.64. The maximum atomic E-state index is 13.0. The highest BCUT2D eigenvalue weighted by Crippen LogP contribution is 2.16. The average molecular weight is 438 g/mol. The molecule has 0 fully saturated rings. The topological polar surface area (TPSA) is 68.5 Å². The first kappa shape index (κ1) is 22.7. The highest BCUT2D eigenvalue weighted by Gasteiger charge is 2.26. The summed E-state index contributed by atoms with van der Waals surface area (Å²) < 4.78 is 11.2. The summed E-state index contributed by atoms with van der Waals surface area (Å²) in [6, 6.07) is 22.0. The Bertz CT molecular complexity index is 929. The molecule has 162 valence electrons. The highest BCUT2D eigenvalue weighted by atomic mass is 32.2. The average Bonchev–Trinajstić information content (AvgIpc) is 3.32. The number of furan rings is 1. The molecule has 1 aromatic heterocycles. The molecule has 0 aliphatic heterocycles. The zero-order valence-corrected chi connectivity index (χ0v) is 18.3. The number of thioether (sulfide) groups is 1. The van der Waals surface area contributed by atoms with Crippen LogP contribution in [0.4, 0.5) is 0 Å². The molecule has 3 rings (SSSR count). The van der Waals surface area contributed by atoms with Gasteiger partial charge in [-0.15, -0.1) is 11.8 Å². The SMILES string of the molecule is CCC(Oc1ccccc1)C(=O)NC(Cc1ccccc1)C(=O)CSCc1ccco1. The summed E-state index contributed by atoms with van der Waals surface area (Å²) >= 11 is 1.48. The van der Waals surface area contributed by atoms with Crippen LogP contribution in [0, 0.1) is 0 Å². The number of hydrogen-bond acceptors (Lipinski definition) is 5. The van der Waals surface area contributed by atoms with Crippen LogP contribution >= 0.6 is 11.8 Å². The standard InChI is InChI=1S/C25H27NO4S/c1-2-24(30-20-12-7-4-8-13-20)25(28)26-22(16-19-10-5-3-6-11-19)23(27)18-31-17-21-14-9-15-29-21/h3-15,22,24H,2,16-18H2,1H3,(H,26,28). The van der Waals surface area contributed by atoms with Crippen molar-refractivity contribution in [3.8, 4) is 5.75 Å². The molecule has 0 aliphatic rings. The number of nitrogens with one attached hydrogen (secondary N) is 1. The maximum absolute atomic E-state index is 13.0. The molecule has 6 heteroatoms. The Morgan fingerprint density at radius 2 is 1.71 bits per heavy atom. The van der Waals surface area contributed by atoms with Gasteiger partial charge in [0.1, 0.15) is 11.5 Å². The molecule has 0 radical (unpaired) electrons. The van der Waals surface area contributed by atoms with Crippen LogP contribution < -0.4 is 10.1 Å². The van der Waals surface area contributed by atoms with Gasteiger partial charge in [0, 0.05) is 0 Å². The summed E-state index contributed by atoms with van der Waals surface area (Å²) in [6.45, 7) is 1.89. The van der Waals surface area contributed by atoms with E-state index < -0.39 is 12.1 Å². The molecule has 3 aromatic rings. The Morgan fingerprint density at radius 1 is 1.00 bits per heavy atom. The fraction of sp³-hybridized carbons (Fsp3) is 0.280. The lowest BCUT2D eigenvalue weighted by Gasteiger charge is -2.22. The summed E-state index contributed by atoms with van der Waals surface area (Å²) in [4.78, 5) is 25.9. The molecule has 1 heterocycles. The number of amides is 1. The summed E-state index contributed by atoms with van der Waals surface area (Å²) in [5, 5.41) is 2.93. The molecule has 0 bridgehead atoms. The summed E-state index contributed by atoms with van der Waals surface area (Å²) in [7, 11) is 0. The van der Waals surface area contributed by atoms with E-state index in [0.717, 1.165) is 11.3 Å². The minimum Gasteiger partial charge on any atom is -0.481 e. The first-order valence-corrected chi connectivity index (χ1v) is 11.5. The van der Waals surface area contributed by atoms with Crippen molar-refractivity contribution < 1.29 is 18.7 Å². The molecule has 31 heavy (non-hydrogen) atoms. The highest BCUT2D eigenvalue weighted by molar-refractivity contribution is 7.99. The number of benzene rings is 2. The minimum atomic E-state index is -0.663. The second kappa shape index (κ2) is 12.0. The Labute approximate surface area is 187 Å². The van der Waals surface area contributed by atoms with Crippen LogP contribution in [-0.4, -0.2) is 29.6 Å². The fourth-order valence-corrected chi connectivity index (χ4v) is 3.96. The minimum absolute atomic E-state index is 0.0247. The molecular formula is C25H27NO4S. The third-order valence-corrected chi connectivity index (χ3v) is 5.72. The summed E-state index contributed by atoms with van der Waals surface area (Å²) in [5.41, 5.74) is 0.995. The van der Waals surface area contributed by atoms with Crippen molar-refractivity contribution in [3.63, 3.8) is 0 Å². The number of ketones is 1. The van der Waals surface area contributed by atoms with E-state index in [1.54, 1.807) is 6.26 Å². The van der Waals surface area contributed by atoms with Gasteiger partial charge >= 0.3 is 0 Å². The molecule has 0 saturated carbocycles. The van der Waals surface area contributed by atoms with Crippen LogP contribution in [0.25, 0.3) is 0 Å². The second-order valence-corrected chi connectivity index (χ2v) is 8.10. The van der Waals surface area contributed by atoms with Crippen LogP contribution in [0.2, 0.25) is 0 Å². The van der Waals surface area contributed by atoms with Crippen LogP contribution in [0.5, 0.6) is 5.75 Å². The number of ether oxygens (including phenoxy) is 1. The van der Waals surface area contributed by atoms with Gasteiger partial charge in [-0.2, -0.15) is 0 Å². The van der Waals surface area contributed by atoms with E-state index in [9.17, 15) is 9.59 Å². The summed E-state index contributed by atoms with van der Waals surface area (Å²) in [6.07, 6.45) is 1.90. The lowest BCUT2D eigenvalue weighted by atomic mass is 10.0. The Hall–Kier alpha value is -2.99. The smallest absolute Gasteiger partial charge is 0.261 e. The van der Waals surface area contributed by atoms with Gasteiger partial charge in [0.25, 0.3) is 5.91 Å². The molecule has 2 atom stereocenters. The predicted octanol–water partition coefficient (Wildman–Crippen LogP) is 4.67. The molecular weight excluding hydrogens is 410 g/mol. The van der Waals surface area contributed by atoms with Gasteiger partial charge in [0.15, 0.2) is 11.9 Å². The van der Waals surface area contributed by atoms with Crippen molar-refractivity contribution in [1.29, 1.82) is 0 Å². The van der Waals surface area contributed by atoms with Gasteiger partial charge in [0.2, 0.25) is 0 Å². The van der Waals surface area contributed by atoms with Crippen molar-refractivity contribution >= 4 is 23.5 Å². The van der Waals surface area contributed by atoms with E-state index in [1.807, 2.05) is 79.7 Å². The van der Waals surface area contributed by atoms with Gasteiger partial charge in [-0.05, 0) is 42.7 Å². The summed E-state index contributed by atoms with van der Waals surface area (Å²) in [5.74, 6) is 2.04. The molecule has 1 N–H and O–H groups in total. The van der Waals surface area contributed by atoms with Gasteiger partial charge < -0.3 is 14.5 Å². The largest absolute Gasteiger partial charge is 0.481 e. The van der Waals surface area contributed by atoms with E-state index in [-0.39, 0.29) is 17.4 Å². The third kappa shape index (κ3) is 7.33. The molecule has 0 saturated heterocycles. The van der Waals surface area contributed by atoms with Gasteiger partial charge in [-0.25, -0.2) is 0 Å². The fourth-order valence-electron chi connectivity index (χ4n) is 3.09. The van der Waals surface area contributed by atoms with Crippen molar-refractivity contribution in [1.82, 2.24) is 5.32 Å². The molecule has 0 spiro atoms. The van der Waals surface area contributed by atoms with Gasteiger partial charge in [0.05, 0.1) is 23.8 Å². The Kier molecular flexibility index (Phi) is 8.79. The van der Waals surface area contributed by atoms with E-state index >= 15 is 0 Å². The lowest BCUT2D eigenvalue weighted by Crippen LogP contribution is -2.48. The predicted molar refractivity (Wildman–Crippen MR) is 123 cm³/mol. The van der Waals surface area contributed by atoms with Crippen molar-refractivity contribution in [3.05, 3.63) is 90.4 Å². The normalized spacial score (nSPS) is 12.7. The van der Waals surface area contributed by atoms with Gasteiger partial charge in [-0.3, -0.25) is 9.59 Å². The van der Waals surface area contributed by atoms with E-state index in [4.69, 9.17) is 9.15 Å². The molecule has 2 unspecified atom stereocenters. The molecule has 2 aromatic carbocycles. The zero-order valence-electron chi connectivity index (χ0n) is 17.5. The lowest BCUT2D eigenvalue weighted by molar-refractivity contribution is -0.131. The second-order valence-electron chi connectivity index (χ2n) is 7.12. The Morgan fingerprint density at radius 3 is 2.35 bits per heavy atom. The molecule has 1 amide bonds. The number of para-hydroxylation sites is 1. The van der Waals surface area contributed by atoms with Crippen molar-refractivity contribution in [2.45, 2.75) is 37.7 Å². The number of hydrogen-bond donors (Lipinski definition) is 1. The van der Waals surface area contributed by atoms with Crippen LogP contribution in [0.3, 0.4) is 0 Å². The number of carbonyl (C=O) groups excluding carboxylic acids is 2.